The molecule has 204 valence electrons. The number of aryl methyl sites for hydroxylation is 2. The highest BCUT2D eigenvalue weighted by molar-refractivity contribution is 7.92. The van der Waals surface area contributed by atoms with Crippen LogP contribution in [0.4, 0.5) is 15.2 Å². The van der Waals surface area contributed by atoms with Gasteiger partial charge >= 0.3 is 0 Å². The Labute approximate surface area is 231 Å². The quantitative estimate of drug-likeness (QED) is 0.328. The molecule has 5 rings (SSSR count). The fourth-order valence-corrected chi connectivity index (χ4v) is 6.72. The summed E-state index contributed by atoms with van der Waals surface area (Å²) >= 11 is 1.76. The standard InChI is InChI=1S/C28H30FN5O3S2/c1-19-3-4-20(2)26-25(19)31-28(38-26)34-17-15-33(16-18-34)14-13-30-27(35)21-5-9-23(10-6-21)32-39(36,37)24-11-7-22(29)8-12-24/h3-12,32H,13-18H2,1-2H3,(H,30,35). The van der Waals surface area contributed by atoms with Crippen molar-refractivity contribution in [3.8, 4) is 0 Å². The Morgan fingerprint density at radius 2 is 1.62 bits per heavy atom. The van der Waals surface area contributed by atoms with Crippen LogP contribution in [0.1, 0.15) is 21.5 Å². The van der Waals surface area contributed by atoms with Crippen molar-refractivity contribution in [1.29, 1.82) is 0 Å². The molecule has 0 bridgehead atoms. The Hall–Kier alpha value is -3.54. The van der Waals surface area contributed by atoms with Crippen LogP contribution in [0, 0.1) is 19.7 Å². The highest BCUT2D eigenvalue weighted by atomic mass is 32.2. The summed E-state index contributed by atoms with van der Waals surface area (Å²) in [5, 5.41) is 4.01. The van der Waals surface area contributed by atoms with Crippen molar-refractivity contribution in [3.63, 3.8) is 0 Å². The number of nitrogens with zero attached hydrogens (tertiary/aromatic N) is 3. The van der Waals surface area contributed by atoms with Crippen molar-refractivity contribution in [3.05, 3.63) is 83.2 Å². The Kier molecular flexibility index (Phi) is 7.83. The number of piperazine rings is 1. The van der Waals surface area contributed by atoms with E-state index in [0.717, 1.165) is 55.5 Å². The number of hydrogen-bond donors (Lipinski definition) is 2. The largest absolute Gasteiger partial charge is 0.351 e. The number of hydrogen-bond acceptors (Lipinski definition) is 7. The predicted octanol–water partition coefficient (Wildman–Crippen LogP) is 4.41. The molecule has 8 nitrogen and oxygen atoms in total. The normalized spacial score (nSPS) is 14.5. The number of anilines is 2. The third kappa shape index (κ3) is 6.21. The first-order chi connectivity index (χ1) is 18.7. The van der Waals surface area contributed by atoms with E-state index in [1.165, 1.54) is 40.1 Å². The number of rotatable bonds is 8. The molecule has 0 spiro atoms. The smallest absolute Gasteiger partial charge is 0.261 e. The lowest BCUT2D eigenvalue weighted by Gasteiger charge is -2.34. The number of amides is 1. The van der Waals surface area contributed by atoms with Gasteiger partial charge in [-0.1, -0.05) is 23.5 Å². The number of thiazole rings is 1. The molecule has 1 aromatic heterocycles. The van der Waals surface area contributed by atoms with E-state index in [2.05, 4.69) is 45.8 Å². The number of halogens is 1. The van der Waals surface area contributed by atoms with Gasteiger partial charge in [-0.15, -0.1) is 0 Å². The summed E-state index contributed by atoms with van der Waals surface area (Å²) in [4.78, 5) is 22.1. The maximum Gasteiger partial charge on any atom is 0.261 e. The number of sulfonamides is 1. The van der Waals surface area contributed by atoms with Crippen molar-refractivity contribution in [1.82, 2.24) is 15.2 Å². The molecule has 0 radical (unpaired) electrons. The molecule has 2 heterocycles. The van der Waals surface area contributed by atoms with Crippen LogP contribution in [0.3, 0.4) is 0 Å². The monoisotopic (exact) mass is 567 g/mol. The first-order valence-electron chi connectivity index (χ1n) is 12.7. The highest BCUT2D eigenvalue weighted by Crippen LogP contribution is 2.33. The molecule has 0 unspecified atom stereocenters. The number of carbonyl (C=O) groups is 1. The van der Waals surface area contributed by atoms with Gasteiger partial charge in [0.25, 0.3) is 15.9 Å². The van der Waals surface area contributed by atoms with Crippen molar-refractivity contribution in [2.75, 3.05) is 48.9 Å². The third-order valence-electron chi connectivity index (χ3n) is 6.81. The molecule has 0 aliphatic carbocycles. The Bertz CT molecular complexity index is 1540. The summed E-state index contributed by atoms with van der Waals surface area (Å²) in [6.45, 7) is 9.05. The average Bonchev–Trinajstić information content (AvgIpc) is 3.39. The van der Waals surface area contributed by atoms with Crippen molar-refractivity contribution in [2.45, 2.75) is 18.7 Å². The number of carbonyl (C=O) groups excluding carboxylic acids is 1. The van der Waals surface area contributed by atoms with E-state index in [9.17, 15) is 17.6 Å². The van der Waals surface area contributed by atoms with Gasteiger partial charge in [0.2, 0.25) is 0 Å². The Balaban J connectivity index is 1.08. The molecule has 0 saturated carbocycles. The van der Waals surface area contributed by atoms with Crippen LogP contribution in [0.2, 0.25) is 0 Å². The Morgan fingerprint density at radius 3 is 2.28 bits per heavy atom. The van der Waals surface area contributed by atoms with E-state index in [-0.39, 0.29) is 10.8 Å². The maximum atomic E-state index is 13.1. The second-order valence-corrected chi connectivity index (χ2v) is 12.3. The summed E-state index contributed by atoms with van der Waals surface area (Å²) in [7, 11) is -3.85. The van der Waals surface area contributed by atoms with Crippen LogP contribution in [0.15, 0.2) is 65.6 Å². The van der Waals surface area contributed by atoms with Gasteiger partial charge in [0.15, 0.2) is 5.13 Å². The molecular formula is C28H30FN5O3S2. The van der Waals surface area contributed by atoms with E-state index >= 15 is 0 Å². The topological polar surface area (TPSA) is 94.6 Å². The van der Waals surface area contributed by atoms with Crippen molar-refractivity contribution >= 4 is 48.3 Å². The minimum atomic E-state index is -3.85. The minimum absolute atomic E-state index is 0.0446. The van der Waals surface area contributed by atoms with Gasteiger partial charge in [-0.2, -0.15) is 0 Å². The molecular weight excluding hydrogens is 537 g/mol. The highest BCUT2D eigenvalue weighted by Gasteiger charge is 2.21. The van der Waals surface area contributed by atoms with Crippen LogP contribution in [0.25, 0.3) is 10.2 Å². The molecule has 1 fully saturated rings. The number of fused-ring (bicyclic) bond motifs is 1. The molecule has 1 amide bonds. The van der Waals surface area contributed by atoms with E-state index in [0.29, 0.717) is 17.8 Å². The number of nitrogens with one attached hydrogen (secondary N) is 2. The SMILES string of the molecule is Cc1ccc(C)c2sc(N3CCN(CCNC(=O)c4ccc(NS(=O)(=O)c5ccc(F)cc5)cc4)CC3)nc12. The van der Waals surface area contributed by atoms with Gasteiger partial charge in [0, 0.05) is 50.5 Å². The van der Waals surface area contributed by atoms with E-state index in [1.807, 2.05) is 0 Å². The first kappa shape index (κ1) is 27.0. The fourth-order valence-electron chi connectivity index (χ4n) is 4.49. The van der Waals surface area contributed by atoms with Crippen LogP contribution in [-0.2, 0) is 10.0 Å². The number of benzene rings is 3. The van der Waals surface area contributed by atoms with Gasteiger partial charge in [0.05, 0.1) is 15.1 Å². The molecule has 1 aliphatic heterocycles. The van der Waals surface area contributed by atoms with Gasteiger partial charge in [-0.05, 0) is 73.5 Å². The predicted molar refractivity (Wildman–Crippen MR) is 154 cm³/mol. The van der Waals surface area contributed by atoms with Gasteiger partial charge < -0.3 is 10.2 Å². The molecule has 1 aliphatic rings. The second-order valence-electron chi connectivity index (χ2n) is 9.59. The molecule has 0 atom stereocenters. The van der Waals surface area contributed by atoms with Crippen LogP contribution in [0.5, 0.6) is 0 Å². The zero-order chi connectivity index (χ0) is 27.6. The van der Waals surface area contributed by atoms with E-state index < -0.39 is 15.8 Å². The summed E-state index contributed by atoms with van der Waals surface area (Å²) in [6, 6.07) is 15.0. The molecule has 2 N–H and O–H groups in total. The lowest BCUT2D eigenvalue weighted by atomic mass is 10.1. The molecule has 11 heteroatoms. The lowest BCUT2D eigenvalue weighted by Crippen LogP contribution is -2.48. The lowest BCUT2D eigenvalue weighted by molar-refractivity contribution is 0.0948. The van der Waals surface area contributed by atoms with Crippen LogP contribution in [-0.4, -0.2) is 63.5 Å². The zero-order valence-corrected chi connectivity index (χ0v) is 23.4. The molecule has 3 aromatic carbocycles. The van der Waals surface area contributed by atoms with Crippen LogP contribution >= 0.6 is 11.3 Å². The first-order valence-corrected chi connectivity index (χ1v) is 15.0. The van der Waals surface area contributed by atoms with Crippen molar-refractivity contribution < 1.29 is 17.6 Å². The number of aromatic nitrogens is 1. The average molecular weight is 568 g/mol. The summed E-state index contributed by atoms with van der Waals surface area (Å²) in [6.07, 6.45) is 0. The minimum Gasteiger partial charge on any atom is -0.351 e. The molecule has 39 heavy (non-hydrogen) atoms. The van der Waals surface area contributed by atoms with Gasteiger partial charge in [0.1, 0.15) is 5.82 Å². The third-order valence-corrected chi connectivity index (χ3v) is 9.46. The second kappa shape index (κ2) is 11.3. The zero-order valence-electron chi connectivity index (χ0n) is 21.8. The van der Waals surface area contributed by atoms with Gasteiger partial charge in [-0.25, -0.2) is 17.8 Å². The molecule has 1 saturated heterocycles. The van der Waals surface area contributed by atoms with Crippen LogP contribution < -0.4 is 14.9 Å². The summed E-state index contributed by atoms with van der Waals surface area (Å²) < 4.78 is 41.7. The summed E-state index contributed by atoms with van der Waals surface area (Å²) in [5.41, 5.74) is 4.31. The Morgan fingerprint density at radius 1 is 0.949 bits per heavy atom. The van der Waals surface area contributed by atoms with Crippen molar-refractivity contribution in [2.24, 2.45) is 0 Å². The fraction of sp³-hybridized carbons (Fsp3) is 0.286. The van der Waals surface area contributed by atoms with E-state index in [1.54, 1.807) is 23.5 Å². The van der Waals surface area contributed by atoms with Gasteiger partial charge in [-0.3, -0.25) is 14.4 Å². The molecule has 4 aromatic rings. The summed E-state index contributed by atoms with van der Waals surface area (Å²) in [5.74, 6) is -0.733. The maximum absolute atomic E-state index is 13.1. The van der Waals surface area contributed by atoms with E-state index in [4.69, 9.17) is 4.98 Å².